The molecule has 0 aliphatic carbocycles. The summed E-state index contributed by atoms with van der Waals surface area (Å²) >= 11 is 12.4. The largest absolute Gasteiger partial charge is 0.493 e. The highest BCUT2D eigenvalue weighted by molar-refractivity contribution is 6.32. The molecule has 3 aromatic carbocycles. The Hall–Kier alpha value is -4.01. The van der Waals surface area contributed by atoms with Crippen molar-refractivity contribution in [2.45, 2.75) is 13.5 Å². The highest BCUT2D eigenvalue weighted by Crippen LogP contribution is 2.37. The number of carbonyl (C=O) groups is 3. The Labute approximate surface area is 223 Å². The molecular formula is C27H23Cl2N3O5. The topological polar surface area (TPSA) is 97.0 Å². The van der Waals surface area contributed by atoms with Crippen molar-refractivity contribution in [3.63, 3.8) is 0 Å². The average molecular weight is 540 g/mol. The first-order chi connectivity index (χ1) is 17.7. The molecule has 1 aliphatic rings. The molecule has 1 aliphatic heterocycles. The van der Waals surface area contributed by atoms with Crippen LogP contribution in [-0.2, 0) is 16.2 Å². The number of hydrogen-bond donors (Lipinski definition) is 2. The highest BCUT2D eigenvalue weighted by Gasteiger charge is 2.35. The standard InChI is InChI=1S/C27H23Cl2N3O5/c1-16-3-9-20(10-4-16)30-24(33)14-32-26(34)22(31-27(32)35)12-18-11-21(29)25(23(13-18)36-2)37-15-17-5-7-19(28)8-6-17/h3-13H,14-15H2,1-2H3,(H,30,33)(H,31,35)/b22-12+. The third kappa shape index (κ3) is 6.41. The minimum atomic E-state index is -0.698. The smallest absolute Gasteiger partial charge is 0.329 e. The Bertz CT molecular complexity index is 1370. The van der Waals surface area contributed by atoms with E-state index in [2.05, 4.69) is 10.6 Å². The third-order valence-electron chi connectivity index (χ3n) is 5.46. The second-order valence-electron chi connectivity index (χ2n) is 8.24. The highest BCUT2D eigenvalue weighted by atomic mass is 35.5. The van der Waals surface area contributed by atoms with Gasteiger partial charge < -0.3 is 20.1 Å². The van der Waals surface area contributed by atoms with E-state index in [1.807, 2.05) is 31.2 Å². The molecule has 4 rings (SSSR count). The van der Waals surface area contributed by atoms with Crippen LogP contribution < -0.4 is 20.1 Å². The summed E-state index contributed by atoms with van der Waals surface area (Å²) < 4.78 is 11.3. The van der Waals surface area contributed by atoms with Crippen LogP contribution in [0.15, 0.2) is 66.4 Å². The number of imide groups is 1. The van der Waals surface area contributed by atoms with Gasteiger partial charge in [0.15, 0.2) is 11.5 Å². The number of anilines is 1. The van der Waals surface area contributed by atoms with Crippen molar-refractivity contribution < 1.29 is 23.9 Å². The number of urea groups is 1. The Kier molecular flexibility index (Phi) is 8.01. The fraction of sp³-hybridized carbons (Fsp3) is 0.148. The van der Waals surface area contributed by atoms with Crippen molar-refractivity contribution in [1.82, 2.24) is 10.2 Å². The zero-order chi connectivity index (χ0) is 26.5. The number of benzene rings is 3. The van der Waals surface area contributed by atoms with Crippen LogP contribution >= 0.6 is 23.2 Å². The van der Waals surface area contributed by atoms with Gasteiger partial charge in [-0.15, -0.1) is 0 Å². The molecule has 37 heavy (non-hydrogen) atoms. The van der Waals surface area contributed by atoms with Gasteiger partial charge in [-0.2, -0.15) is 0 Å². The number of methoxy groups -OCH3 is 1. The van der Waals surface area contributed by atoms with Crippen LogP contribution in [0.3, 0.4) is 0 Å². The molecular weight excluding hydrogens is 517 g/mol. The molecule has 1 saturated heterocycles. The number of rotatable bonds is 8. The van der Waals surface area contributed by atoms with Crippen LogP contribution in [0.4, 0.5) is 10.5 Å². The maximum atomic E-state index is 12.8. The monoisotopic (exact) mass is 539 g/mol. The lowest BCUT2D eigenvalue weighted by Crippen LogP contribution is -2.38. The van der Waals surface area contributed by atoms with E-state index in [0.717, 1.165) is 16.0 Å². The third-order valence-corrected chi connectivity index (χ3v) is 5.99. The van der Waals surface area contributed by atoms with Gasteiger partial charge in [0.2, 0.25) is 5.91 Å². The van der Waals surface area contributed by atoms with Crippen LogP contribution in [0.2, 0.25) is 10.0 Å². The number of hydrogen-bond acceptors (Lipinski definition) is 5. The molecule has 3 aromatic rings. The molecule has 0 bridgehead atoms. The summed E-state index contributed by atoms with van der Waals surface area (Å²) in [5, 5.41) is 6.04. The molecule has 0 unspecified atom stereocenters. The summed E-state index contributed by atoms with van der Waals surface area (Å²) in [5.74, 6) is -0.459. The molecule has 0 spiro atoms. The fourth-order valence-corrected chi connectivity index (χ4v) is 3.96. The van der Waals surface area contributed by atoms with Crippen molar-refractivity contribution in [1.29, 1.82) is 0 Å². The molecule has 1 fully saturated rings. The van der Waals surface area contributed by atoms with Crippen LogP contribution in [0.25, 0.3) is 6.08 Å². The Balaban J connectivity index is 1.46. The first-order valence-corrected chi connectivity index (χ1v) is 11.9. The van der Waals surface area contributed by atoms with Crippen molar-refractivity contribution in [2.75, 3.05) is 19.0 Å². The fourth-order valence-electron chi connectivity index (χ4n) is 3.56. The number of ether oxygens (including phenoxy) is 2. The lowest BCUT2D eigenvalue weighted by Gasteiger charge is -2.14. The molecule has 0 saturated carbocycles. The average Bonchev–Trinajstić information content (AvgIpc) is 3.12. The maximum absolute atomic E-state index is 12.8. The number of nitrogens with zero attached hydrogens (tertiary/aromatic N) is 1. The molecule has 190 valence electrons. The van der Waals surface area contributed by atoms with Crippen LogP contribution in [0.5, 0.6) is 11.5 Å². The number of aryl methyl sites for hydroxylation is 1. The van der Waals surface area contributed by atoms with Gasteiger partial charge in [-0.25, -0.2) is 9.69 Å². The van der Waals surface area contributed by atoms with Gasteiger partial charge in [-0.05, 0) is 60.5 Å². The summed E-state index contributed by atoms with van der Waals surface area (Å²) in [6.07, 6.45) is 1.45. The predicted octanol–water partition coefficient (Wildman–Crippen LogP) is 5.42. The molecule has 10 heteroatoms. The maximum Gasteiger partial charge on any atom is 0.329 e. The zero-order valence-electron chi connectivity index (χ0n) is 20.0. The summed E-state index contributed by atoms with van der Waals surface area (Å²) in [7, 11) is 1.47. The Morgan fingerprint density at radius 3 is 2.43 bits per heavy atom. The quantitative estimate of drug-likeness (QED) is 0.294. The van der Waals surface area contributed by atoms with Crippen LogP contribution in [0.1, 0.15) is 16.7 Å². The van der Waals surface area contributed by atoms with Gasteiger partial charge in [0.05, 0.1) is 12.1 Å². The van der Waals surface area contributed by atoms with Gasteiger partial charge in [0.1, 0.15) is 18.8 Å². The molecule has 0 radical (unpaired) electrons. The molecule has 0 aromatic heterocycles. The summed E-state index contributed by atoms with van der Waals surface area (Å²) in [6.45, 7) is 1.73. The van der Waals surface area contributed by atoms with Gasteiger partial charge >= 0.3 is 6.03 Å². The second-order valence-corrected chi connectivity index (χ2v) is 9.09. The predicted molar refractivity (Wildman–Crippen MR) is 142 cm³/mol. The Morgan fingerprint density at radius 1 is 1.05 bits per heavy atom. The van der Waals surface area contributed by atoms with Crippen LogP contribution in [-0.4, -0.2) is 36.4 Å². The normalized spacial score (nSPS) is 14.1. The molecule has 1 heterocycles. The molecule has 2 N–H and O–H groups in total. The van der Waals surface area contributed by atoms with Crippen LogP contribution in [0, 0.1) is 6.92 Å². The zero-order valence-corrected chi connectivity index (χ0v) is 21.5. The van der Waals surface area contributed by atoms with Gasteiger partial charge in [0.25, 0.3) is 5.91 Å². The van der Waals surface area contributed by atoms with E-state index in [1.54, 1.807) is 36.4 Å². The number of halogens is 2. The lowest BCUT2D eigenvalue weighted by atomic mass is 10.1. The van der Waals surface area contributed by atoms with E-state index in [-0.39, 0.29) is 17.3 Å². The van der Waals surface area contributed by atoms with E-state index >= 15 is 0 Å². The first-order valence-electron chi connectivity index (χ1n) is 11.2. The van der Waals surface area contributed by atoms with Gasteiger partial charge in [-0.1, -0.05) is 53.0 Å². The van der Waals surface area contributed by atoms with Crippen molar-refractivity contribution in [3.05, 3.63) is 93.1 Å². The molecule has 0 atom stereocenters. The molecule has 8 nitrogen and oxygen atoms in total. The minimum Gasteiger partial charge on any atom is -0.493 e. The van der Waals surface area contributed by atoms with E-state index in [0.29, 0.717) is 27.8 Å². The number of carbonyl (C=O) groups excluding carboxylic acids is 3. The van der Waals surface area contributed by atoms with Crippen molar-refractivity contribution in [3.8, 4) is 11.5 Å². The van der Waals surface area contributed by atoms with E-state index in [9.17, 15) is 14.4 Å². The lowest BCUT2D eigenvalue weighted by molar-refractivity contribution is -0.127. The summed E-state index contributed by atoms with van der Waals surface area (Å²) in [6, 6.07) is 16.9. The van der Waals surface area contributed by atoms with E-state index in [1.165, 1.54) is 13.2 Å². The van der Waals surface area contributed by atoms with Crippen molar-refractivity contribution >= 4 is 52.8 Å². The van der Waals surface area contributed by atoms with E-state index < -0.39 is 24.4 Å². The Morgan fingerprint density at radius 2 is 1.76 bits per heavy atom. The van der Waals surface area contributed by atoms with Crippen molar-refractivity contribution in [2.24, 2.45) is 0 Å². The first kappa shape index (κ1) is 26.1. The summed E-state index contributed by atoms with van der Waals surface area (Å²) in [5.41, 5.74) is 2.99. The van der Waals surface area contributed by atoms with Gasteiger partial charge in [0, 0.05) is 10.7 Å². The minimum absolute atomic E-state index is 0.00101. The van der Waals surface area contributed by atoms with Gasteiger partial charge in [-0.3, -0.25) is 9.59 Å². The summed E-state index contributed by atoms with van der Waals surface area (Å²) in [4.78, 5) is 38.5. The number of nitrogens with one attached hydrogen (secondary N) is 2. The van der Waals surface area contributed by atoms with E-state index in [4.69, 9.17) is 32.7 Å². The second kappa shape index (κ2) is 11.4. The SMILES string of the molecule is COc1cc(/C=C2/NC(=O)N(CC(=O)Nc3ccc(C)cc3)C2=O)cc(Cl)c1OCc1ccc(Cl)cc1. The molecule has 4 amide bonds. The number of amides is 4.